The Balaban J connectivity index is 1.80. The third-order valence-corrected chi connectivity index (χ3v) is 5.39. The van der Waals surface area contributed by atoms with Gasteiger partial charge in [0.2, 0.25) is 5.91 Å². The van der Waals surface area contributed by atoms with Gasteiger partial charge >= 0.3 is 6.18 Å². The molecule has 0 atom stereocenters. The molecule has 3 N–H and O–H groups in total. The van der Waals surface area contributed by atoms with Gasteiger partial charge in [0.15, 0.2) is 10.8 Å². The Morgan fingerprint density at radius 3 is 2.73 bits per heavy atom. The number of benzene rings is 1. The Kier molecular flexibility index (Phi) is 5.09. The van der Waals surface area contributed by atoms with Gasteiger partial charge in [-0.15, -0.1) is 0 Å². The monoisotopic (exact) mass is 437 g/mol. The number of carbonyl (C=O) groups excluding carboxylic acids is 1. The summed E-state index contributed by atoms with van der Waals surface area (Å²) >= 11 is 6.14. The molecular formula is C20H19ClF3N5O. The number of hydrogen-bond acceptors (Lipinski definition) is 4. The number of rotatable bonds is 6. The first-order chi connectivity index (χ1) is 14.2. The van der Waals surface area contributed by atoms with E-state index < -0.39 is 18.5 Å². The molecule has 6 nitrogen and oxygen atoms in total. The molecule has 2 heterocycles. The molecule has 1 saturated carbocycles. The van der Waals surface area contributed by atoms with Gasteiger partial charge in [-0.2, -0.15) is 18.3 Å². The zero-order valence-corrected chi connectivity index (χ0v) is 16.8. The van der Waals surface area contributed by atoms with Crippen molar-refractivity contribution in [2.24, 2.45) is 5.73 Å². The molecule has 0 spiro atoms. The highest BCUT2D eigenvalue weighted by Gasteiger charge is 2.31. The van der Waals surface area contributed by atoms with Crippen LogP contribution in [-0.4, -0.2) is 33.2 Å². The molecule has 1 amide bonds. The highest BCUT2D eigenvalue weighted by Crippen LogP contribution is 2.46. The Bertz CT molecular complexity index is 1140. The van der Waals surface area contributed by atoms with Crippen LogP contribution >= 0.6 is 11.6 Å². The molecule has 4 rings (SSSR count). The summed E-state index contributed by atoms with van der Waals surface area (Å²) in [5, 5.41) is 7.17. The summed E-state index contributed by atoms with van der Waals surface area (Å²) in [6, 6.07) is 4.93. The Hall–Kier alpha value is -2.81. The maximum absolute atomic E-state index is 12.5. The van der Waals surface area contributed by atoms with Crippen LogP contribution in [0.1, 0.15) is 46.7 Å². The predicted molar refractivity (Wildman–Crippen MR) is 108 cm³/mol. The average molecular weight is 438 g/mol. The SMILES string of the molecule is Cc1c(C(N)=O)ccc(-c2cnc3c(NCCC(F)(F)F)cc(Cl)nn23)c1C1CC1. The van der Waals surface area contributed by atoms with E-state index in [0.717, 1.165) is 29.5 Å². The minimum atomic E-state index is -4.26. The van der Waals surface area contributed by atoms with Crippen LogP contribution in [0.25, 0.3) is 16.9 Å². The Morgan fingerprint density at radius 2 is 2.10 bits per heavy atom. The van der Waals surface area contributed by atoms with Gasteiger partial charge in [0.1, 0.15) is 0 Å². The first-order valence-corrected chi connectivity index (χ1v) is 9.82. The number of nitrogens with one attached hydrogen (secondary N) is 1. The molecule has 158 valence electrons. The van der Waals surface area contributed by atoms with Gasteiger partial charge < -0.3 is 11.1 Å². The van der Waals surface area contributed by atoms with Crippen molar-refractivity contribution in [3.05, 3.63) is 46.2 Å². The van der Waals surface area contributed by atoms with Crippen molar-refractivity contribution in [3.63, 3.8) is 0 Å². The molecular weight excluding hydrogens is 419 g/mol. The second-order valence-corrected chi connectivity index (χ2v) is 7.78. The number of imidazole rings is 1. The number of hydrogen-bond donors (Lipinski definition) is 2. The highest BCUT2D eigenvalue weighted by atomic mass is 35.5. The fourth-order valence-corrected chi connectivity index (χ4v) is 3.89. The normalized spacial score (nSPS) is 14.3. The van der Waals surface area contributed by atoms with Crippen LogP contribution in [0.15, 0.2) is 24.4 Å². The molecule has 1 aliphatic rings. The predicted octanol–water partition coefficient (Wildman–Crippen LogP) is 4.70. The second-order valence-electron chi connectivity index (χ2n) is 7.39. The standard InChI is InChI=1S/C20H19ClF3N5O/c1-10-12(18(25)30)4-5-13(17(10)11-2-3-11)15-9-27-19-14(8-16(21)28-29(15)19)26-7-6-20(22,23)24/h4-5,8-9,11,26H,2-3,6-7H2,1H3,(H2,25,30). The lowest BCUT2D eigenvalue weighted by atomic mass is 9.92. The summed E-state index contributed by atoms with van der Waals surface area (Å²) in [4.78, 5) is 16.1. The van der Waals surface area contributed by atoms with E-state index in [-0.39, 0.29) is 11.7 Å². The van der Waals surface area contributed by atoms with Gasteiger partial charge in [0.25, 0.3) is 0 Å². The summed E-state index contributed by atoms with van der Waals surface area (Å²) < 4.78 is 39.0. The largest absolute Gasteiger partial charge is 0.390 e. The number of amides is 1. The number of primary amides is 1. The maximum atomic E-state index is 12.5. The van der Waals surface area contributed by atoms with Gasteiger partial charge in [-0.3, -0.25) is 4.79 Å². The summed E-state index contributed by atoms with van der Waals surface area (Å²) in [7, 11) is 0. The lowest BCUT2D eigenvalue weighted by molar-refractivity contribution is -0.131. The number of fused-ring (bicyclic) bond motifs is 1. The summed E-state index contributed by atoms with van der Waals surface area (Å²) in [6.45, 7) is 1.56. The quantitative estimate of drug-likeness (QED) is 0.585. The number of anilines is 1. The van der Waals surface area contributed by atoms with Crippen LogP contribution < -0.4 is 11.1 Å². The first-order valence-electron chi connectivity index (χ1n) is 9.44. The van der Waals surface area contributed by atoms with Crippen molar-refractivity contribution >= 4 is 28.8 Å². The molecule has 1 fully saturated rings. The van der Waals surface area contributed by atoms with Gasteiger partial charge in [-0.1, -0.05) is 17.7 Å². The summed E-state index contributed by atoms with van der Waals surface area (Å²) in [5.74, 6) is -0.176. The summed E-state index contributed by atoms with van der Waals surface area (Å²) in [6.07, 6.45) is -1.62. The molecule has 3 aromatic rings. The van der Waals surface area contributed by atoms with Gasteiger partial charge in [-0.25, -0.2) is 9.50 Å². The van der Waals surface area contributed by atoms with E-state index in [2.05, 4.69) is 15.4 Å². The van der Waals surface area contributed by atoms with Crippen LogP contribution in [0, 0.1) is 6.92 Å². The van der Waals surface area contributed by atoms with E-state index in [1.54, 1.807) is 12.3 Å². The minimum absolute atomic E-state index is 0.120. The fourth-order valence-electron chi connectivity index (χ4n) is 3.71. The maximum Gasteiger partial charge on any atom is 0.390 e. The Morgan fingerprint density at radius 1 is 1.37 bits per heavy atom. The number of alkyl halides is 3. The lowest BCUT2D eigenvalue weighted by Crippen LogP contribution is -2.15. The van der Waals surface area contributed by atoms with Crippen molar-refractivity contribution in [2.45, 2.75) is 38.3 Å². The molecule has 0 unspecified atom stereocenters. The molecule has 0 saturated heterocycles. The average Bonchev–Trinajstić information content (AvgIpc) is 3.39. The number of nitrogens with zero attached hydrogens (tertiary/aromatic N) is 3. The molecule has 1 aromatic carbocycles. The molecule has 0 aliphatic heterocycles. The zero-order valence-electron chi connectivity index (χ0n) is 16.1. The zero-order chi connectivity index (χ0) is 21.6. The van der Waals surface area contributed by atoms with Crippen molar-refractivity contribution in [2.75, 3.05) is 11.9 Å². The number of carbonyl (C=O) groups is 1. The van der Waals surface area contributed by atoms with Gasteiger partial charge in [0, 0.05) is 23.7 Å². The number of halogens is 4. The number of nitrogens with two attached hydrogens (primary N) is 1. The fraction of sp³-hybridized carbons (Fsp3) is 0.350. The van der Waals surface area contributed by atoms with Crippen LogP contribution in [0.4, 0.5) is 18.9 Å². The van der Waals surface area contributed by atoms with Crippen molar-refractivity contribution in [1.82, 2.24) is 14.6 Å². The van der Waals surface area contributed by atoms with Gasteiger partial charge in [-0.05, 0) is 42.9 Å². The third kappa shape index (κ3) is 3.94. The minimum Gasteiger partial charge on any atom is -0.382 e. The first kappa shape index (κ1) is 20.5. The molecule has 0 bridgehead atoms. The van der Waals surface area contributed by atoms with Crippen LogP contribution in [0.5, 0.6) is 0 Å². The van der Waals surface area contributed by atoms with E-state index in [4.69, 9.17) is 17.3 Å². The van der Waals surface area contributed by atoms with Crippen LogP contribution in [0.3, 0.4) is 0 Å². The van der Waals surface area contributed by atoms with E-state index in [1.165, 1.54) is 10.6 Å². The molecule has 2 aromatic heterocycles. The molecule has 1 aliphatic carbocycles. The van der Waals surface area contributed by atoms with Crippen molar-refractivity contribution < 1.29 is 18.0 Å². The highest BCUT2D eigenvalue weighted by molar-refractivity contribution is 6.29. The summed E-state index contributed by atoms with van der Waals surface area (Å²) in [5.41, 5.74) is 10.0. The van der Waals surface area contributed by atoms with E-state index in [9.17, 15) is 18.0 Å². The van der Waals surface area contributed by atoms with Crippen molar-refractivity contribution in [3.8, 4) is 11.3 Å². The lowest BCUT2D eigenvalue weighted by Gasteiger charge is -2.15. The number of aromatic nitrogens is 3. The Labute approximate surface area is 175 Å². The molecule has 0 radical (unpaired) electrons. The van der Waals surface area contributed by atoms with Crippen LogP contribution in [-0.2, 0) is 0 Å². The second kappa shape index (κ2) is 7.46. The molecule has 30 heavy (non-hydrogen) atoms. The van der Waals surface area contributed by atoms with Crippen molar-refractivity contribution in [1.29, 1.82) is 0 Å². The topological polar surface area (TPSA) is 85.3 Å². The molecule has 10 heteroatoms. The van der Waals surface area contributed by atoms with E-state index in [0.29, 0.717) is 28.5 Å². The van der Waals surface area contributed by atoms with Crippen LogP contribution in [0.2, 0.25) is 5.15 Å². The smallest absolute Gasteiger partial charge is 0.382 e. The van der Waals surface area contributed by atoms with E-state index >= 15 is 0 Å². The van der Waals surface area contributed by atoms with Gasteiger partial charge in [0.05, 0.1) is 24.0 Å². The third-order valence-electron chi connectivity index (χ3n) is 5.20. The van der Waals surface area contributed by atoms with E-state index in [1.807, 2.05) is 13.0 Å².